The summed E-state index contributed by atoms with van der Waals surface area (Å²) in [5.74, 6) is 4.72. The van der Waals surface area contributed by atoms with Gasteiger partial charge in [-0.25, -0.2) is 10.6 Å². The average Bonchev–Trinajstić information content (AvgIpc) is 2.78. The average molecular weight is 447 g/mol. The van der Waals surface area contributed by atoms with Crippen LogP contribution in [0.2, 0.25) is 0 Å². The number of hydrogen-bond acceptors (Lipinski definition) is 7. The van der Waals surface area contributed by atoms with Crippen LogP contribution in [-0.4, -0.2) is 42.6 Å². The van der Waals surface area contributed by atoms with Gasteiger partial charge in [0, 0.05) is 18.2 Å². The minimum atomic E-state index is -0.653. The Morgan fingerprint density at radius 3 is 2.59 bits per heavy atom. The molecule has 10 nitrogen and oxygen atoms in total. The summed E-state index contributed by atoms with van der Waals surface area (Å²) in [5.41, 5.74) is 14.2. The highest BCUT2D eigenvalue weighted by atomic mass is 16.6. The second-order valence-corrected chi connectivity index (χ2v) is 7.82. The number of unbranched alkanes of at least 4 members (excludes halogenated alkanes) is 1. The summed E-state index contributed by atoms with van der Waals surface area (Å²) in [6.45, 7) is 0.451. The number of amides is 3. The molecule has 3 atom stereocenters. The number of benzene rings is 1. The summed E-state index contributed by atoms with van der Waals surface area (Å²) in [6, 6.07) is 5.23. The normalized spacial score (nSPS) is 19.2. The van der Waals surface area contributed by atoms with E-state index in [4.69, 9.17) is 22.0 Å². The first-order chi connectivity index (χ1) is 15.4. The molecule has 32 heavy (non-hydrogen) atoms. The molecule has 1 aromatic rings. The van der Waals surface area contributed by atoms with Gasteiger partial charge in [0.1, 0.15) is 5.75 Å². The van der Waals surface area contributed by atoms with Crippen molar-refractivity contribution in [3.63, 3.8) is 0 Å². The quantitative estimate of drug-likeness (QED) is 0.107. The standard InChI is InChI=1S/C22H34N6O4/c23-17-7-3-1-2-4-9-19(17)27-22(31)32-16-12-10-15(11-13-16)20(29)26-14-6-5-8-18(24)21(30)28-25/h3,7,10-13,17-19H,1-2,4-6,8-9,14,23-25H2,(H,26,29)(H,27,31)(H,28,30). The van der Waals surface area contributed by atoms with Crippen molar-refractivity contribution in [3.8, 4) is 5.75 Å². The lowest BCUT2D eigenvalue weighted by atomic mass is 9.98. The highest BCUT2D eigenvalue weighted by Gasteiger charge is 2.20. The zero-order chi connectivity index (χ0) is 23.3. The fourth-order valence-electron chi connectivity index (χ4n) is 3.37. The first kappa shape index (κ1) is 25.3. The molecule has 1 aromatic carbocycles. The van der Waals surface area contributed by atoms with Gasteiger partial charge in [0.25, 0.3) is 11.8 Å². The van der Waals surface area contributed by atoms with E-state index in [2.05, 4.69) is 10.6 Å². The number of nitrogens with one attached hydrogen (secondary N) is 3. The van der Waals surface area contributed by atoms with Crippen molar-refractivity contribution >= 4 is 17.9 Å². The van der Waals surface area contributed by atoms with Crippen LogP contribution in [0.5, 0.6) is 5.75 Å². The number of hydrazine groups is 1. The minimum Gasteiger partial charge on any atom is -0.410 e. The van der Waals surface area contributed by atoms with Crippen LogP contribution in [0, 0.1) is 0 Å². The number of carbonyl (C=O) groups excluding carboxylic acids is 3. The molecule has 0 radical (unpaired) electrons. The summed E-state index contributed by atoms with van der Waals surface area (Å²) in [6.07, 6.45) is 9.09. The molecule has 0 spiro atoms. The van der Waals surface area contributed by atoms with Crippen LogP contribution in [-0.2, 0) is 4.79 Å². The molecule has 0 saturated heterocycles. The monoisotopic (exact) mass is 446 g/mol. The summed E-state index contributed by atoms with van der Waals surface area (Å²) in [7, 11) is 0. The fraction of sp³-hybridized carbons (Fsp3) is 0.500. The highest BCUT2D eigenvalue weighted by Crippen LogP contribution is 2.15. The van der Waals surface area contributed by atoms with Crippen molar-refractivity contribution < 1.29 is 19.1 Å². The van der Waals surface area contributed by atoms with Crippen LogP contribution in [0.4, 0.5) is 4.79 Å². The van der Waals surface area contributed by atoms with E-state index in [0.717, 1.165) is 25.7 Å². The van der Waals surface area contributed by atoms with E-state index in [9.17, 15) is 14.4 Å². The van der Waals surface area contributed by atoms with E-state index in [1.165, 1.54) is 0 Å². The predicted molar refractivity (Wildman–Crippen MR) is 121 cm³/mol. The lowest BCUT2D eigenvalue weighted by Gasteiger charge is -2.24. The molecular weight excluding hydrogens is 412 g/mol. The molecule has 2 rings (SSSR count). The van der Waals surface area contributed by atoms with Crippen molar-refractivity contribution in [1.82, 2.24) is 16.1 Å². The van der Waals surface area contributed by atoms with Crippen LogP contribution < -0.4 is 38.1 Å². The Hall–Kier alpha value is -2.95. The zero-order valence-electron chi connectivity index (χ0n) is 18.2. The van der Waals surface area contributed by atoms with Gasteiger partial charge in [-0.05, 0) is 62.8 Å². The van der Waals surface area contributed by atoms with Gasteiger partial charge >= 0.3 is 6.09 Å². The van der Waals surface area contributed by atoms with E-state index in [1.807, 2.05) is 17.6 Å². The summed E-state index contributed by atoms with van der Waals surface area (Å²) < 4.78 is 5.32. The number of rotatable bonds is 9. The van der Waals surface area contributed by atoms with Crippen LogP contribution >= 0.6 is 0 Å². The molecule has 9 N–H and O–H groups in total. The maximum absolute atomic E-state index is 12.2. The molecule has 0 heterocycles. The van der Waals surface area contributed by atoms with Crippen molar-refractivity contribution in [2.75, 3.05) is 6.54 Å². The number of allylic oxidation sites excluding steroid dienone is 1. The molecule has 10 heteroatoms. The van der Waals surface area contributed by atoms with Crippen LogP contribution in [0.3, 0.4) is 0 Å². The second kappa shape index (κ2) is 13.5. The lowest BCUT2D eigenvalue weighted by Crippen LogP contribution is -2.47. The Kier molecular flexibility index (Phi) is 10.6. The minimum absolute atomic E-state index is 0.177. The van der Waals surface area contributed by atoms with Gasteiger partial charge in [-0.2, -0.15) is 0 Å². The molecule has 3 unspecified atom stereocenters. The maximum Gasteiger partial charge on any atom is 0.412 e. The molecule has 3 amide bonds. The maximum atomic E-state index is 12.2. The number of carbonyl (C=O) groups is 3. The van der Waals surface area contributed by atoms with E-state index < -0.39 is 18.0 Å². The Balaban J connectivity index is 1.73. The van der Waals surface area contributed by atoms with Gasteiger partial charge in [-0.1, -0.05) is 18.6 Å². The molecule has 0 aliphatic heterocycles. The van der Waals surface area contributed by atoms with Crippen molar-refractivity contribution in [2.24, 2.45) is 17.3 Å². The lowest BCUT2D eigenvalue weighted by molar-refractivity contribution is -0.122. The third-order valence-corrected chi connectivity index (χ3v) is 5.30. The van der Waals surface area contributed by atoms with E-state index in [0.29, 0.717) is 37.1 Å². The van der Waals surface area contributed by atoms with Gasteiger partial charge in [-0.15, -0.1) is 0 Å². The number of hydrogen-bond donors (Lipinski definition) is 6. The van der Waals surface area contributed by atoms with Crippen LogP contribution in [0.1, 0.15) is 55.3 Å². The topological polar surface area (TPSA) is 175 Å². The SMILES string of the molecule is NNC(=O)C(N)CCCCNC(=O)c1ccc(OC(=O)NC2CCCCC=CC2N)cc1. The van der Waals surface area contributed by atoms with Crippen LogP contribution in [0.15, 0.2) is 36.4 Å². The van der Waals surface area contributed by atoms with Gasteiger partial charge in [-0.3, -0.25) is 15.0 Å². The summed E-state index contributed by atoms with van der Waals surface area (Å²) in [5, 5.41) is 5.62. The first-order valence-corrected chi connectivity index (χ1v) is 11.0. The Morgan fingerprint density at radius 2 is 1.88 bits per heavy atom. The summed E-state index contributed by atoms with van der Waals surface area (Å²) in [4.78, 5) is 35.7. The Bertz CT molecular complexity index is 783. The number of ether oxygens (including phenoxy) is 1. The van der Waals surface area contributed by atoms with Crippen molar-refractivity contribution in [3.05, 3.63) is 42.0 Å². The van der Waals surface area contributed by atoms with Gasteiger partial charge < -0.3 is 26.8 Å². The second-order valence-electron chi connectivity index (χ2n) is 7.82. The van der Waals surface area contributed by atoms with Gasteiger partial charge in [0.05, 0.1) is 12.1 Å². The third kappa shape index (κ3) is 8.66. The number of nitrogens with two attached hydrogens (primary N) is 3. The van der Waals surface area contributed by atoms with E-state index in [1.54, 1.807) is 24.3 Å². The van der Waals surface area contributed by atoms with E-state index >= 15 is 0 Å². The summed E-state index contributed by atoms with van der Waals surface area (Å²) >= 11 is 0. The Labute approximate surface area is 188 Å². The van der Waals surface area contributed by atoms with Crippen molar-refractivity contribution in [1.29, 1.82) is 0 Å². The van der Waals surface area contributed by atoms with Gasteiger partial charge in [0.2, 0.25) is 0 Å². The highest BCUT2D eigenvalue weighted by molar-refractivity contribution is 5.94. The molecule has 0 bridgehead atoms. The molecule has 176 valence electrons. The first-order valence-electron chi connectivity index (χ1n) is 11.0. The fourth-order valence-corrected chi connectivity index (χ4v) is 3.37. The molecule has 0 aromatic heterocycles. The van der Waals surface area contributed by atoms with E-state index in [-0.39, 0.29) is 18.0 Å². The molecule has 0 fully saturated rings. The molecule has 0 saturated carbocycles. The molecule has 1 aliphatic carbocycles. The van der Waals surface area contributed by atoms with Gasteiger partial charge in [0.15, 0.2) is 0 Å². The molecular formula is C22H34N6O4. The molecule has 1 aliphatic rings. The van der Waals surface area contributed by atoms with Crippen molar-refractivity contribution in [2.45, 2.75) is 63.1 Å². The predicted octanol–water partition coefficient (Wildman–Crippen LogP) is 0.818. The smallest absolute Gasteiger partial charge is 0.410 e. The van der Waals surface area contributed by atoms with Crippen LogP contribution in [0.25, 0.3) is 0 Å². The zero-order valence-corrected chi connectivity index (χ0v) is 18.2. The largest absolute Gasteiger partial charge is 0.412 e. The Morgan fingerprint density at radius 1 is 1.12 bits per heavy atom. The third-order valence-electron chi connectivity index (χ3n) is 5.30.